The third-order valence-corrected chi connectivity index (χ3v) is 13.5. The second-order valence-corrected chi connectivity index (χ2v) is 19.5. The summed E-state index contributed by atoms with van der Waals surface area (Å²) in [5, 5.41) is 20.2. The number of hydrogen-bond acceptors (Lipinski definition) is 24. The number of fused-ring (bicyclic) bond motifs is 2. The first-order valence-electron chi connectivity index (χ1n) is 25.8. The van der Waals surface area contributed by atoms with Crippen LogP contribution in [0.2, 0.25) is 0 Å². The van der Waals surface area contributed by atoms with Crippen LogP contribution in [0.4, 0.5) is 5.69 Å². The van der Waals surface area contributed by atoms with Gasteiger partial charge in [0.05, 0.1) is 17.3 Å². The number of Topliss-reactive ketones (excluding diaryl/α,β-unsaturated/α-hetero) is 1. The molecule has 1 N–H and O–H groups in total. The summed E-state index contributed by atoms with van der Waals surface area (Å²) >= 11 is 0. The number of carbonyl (C=O) groups excluding carboxylic acids is 8. The second-order valence-electron chi connectivity index (χ2n) is 19.5. The van der Waals surface area contributed by atoms with Crippen LogP contribution in [-0.4, -0.2) is 149 Å². The van der Waals surface area contributed by atoms with Gasteiger partial charge in [-0.05, 0) is 56.6 Å². The van der Waals surface area contributed by atoms with Crippen LogP contribution in [0.15, 0.2) is 21.5 Å². The predicted molar refractivity (Wildman–Crippen MR) is 262 cm³/mol. The molecule has 3 aromatic rings. The number of carbonyl (C=O) groups is 8. The number of aromatic nitrogens is 3. The summed E-state index contributed by atoms with van der Waals surface area (Å²) in [5.74, 6) is -6.77. The van der Waals surface area contributed by atoms with Crippen molar-refractivity contribution in [1.29, 1.82) is 0 Å². The maximum atomic E-state index is 13.3. The number of nitrogens with zero attached hydrogens (tertiary/aromatic N) is 4. The number of aryl methyl sites for hydroxylation is 3. The van der Waals surface area contributed by atoms with E-state index in [-0.39, 0.29) is 17.7 Å². The van der Waals surface area contributed by atoms with E-state index < -0.39 is 128 Å². The summed E-state index contributed by atoms with van der Waals surface area (Å²) in [7, 11) is 0. The Labute approximate surface area is 442 Å². The molecular formula is C52H66N4O21. The molecule has 0 saturated carbocycles. The molecule has 0 spiro atoms. The molecule has 6 heterocycles. The molecule has 420 valence electrons. The Morgan fingerprint density at radius 2 is 1.19 bits per heavy atom. The number of unbranched alkanes of at least 4 members (excludes halogenated alkanes) is 5. The van der Waals surface area contributed by atoms with Crippen LogP contribution in [0.25, 0.3) is 11.0 Å². The summed E-state index contributed by atoms with van der Waals surface area (Å²) in [6.07, 6.45) is -6.11. The Bertz CT molecular complexity index is 2750. The minimum absolute atomic E-state index is 0.0683. The molecule has 2 saturated heterocycles. The van der Waals surface area contributed by atoms with Crippen LogP contribution in [0.1, 0.15) is 140 Å². The van der Waals surface area contributed by atoms with E-state index in [0.29, 0.717) is 42.3 Å². The van der Waals surface area contributed by atoms with Gasteiger partial charge in [-0.25, -0.2) is 9.48 Å². The van der Waals surface area contributed by atoms with E-state index in [1.165, 1.54) is 4.68 Å². The van der Waals surface area contributed by atoms with Crippen LogP contribution >= 0.6 is 0 Å². The quantitative estimate of drug-likeness (QED) is 0.0492. The van der Waals surface area contributed by atoms with Gasteiger partial charge in [-0.2, -0.15) is 0 Å². The zero-order valence-electron chi connectivity index (χ0n) is 44.1. The fourth-order valence-electron chi connectivity index (χ4n) is 10.4. The van der Waals surface area contributed by atoms with E-state index in [4.69, 9.17) is 51.8 Å². The molecule has 2 aromatic heterocycles. The lowest BCUT2D eigenvalue weighted by Crippen LogP contribution is -2.66. The molecular weight excluding hydrogens is 1020 g/mol. The first-order valence-corrected chi connectivity index (χ1v) is 25.8. The minimum Gasteiger partial charge on any atom is -0.506 e. The molecule has 10 atom stereocenters. The van der Waals surface area contributed by atoms with E-state index in [1.54, 1.807) is 6.20 Å². The number of ketones is 1. The molecule has 0 radical (unpaired) electrons. The fourth-order valence-corrected chi connectivity index (χ4v) is 10.4. The van der Waals surface area contributed by atoms with Crippen molar-refractivity contribution in [1.82, 2.24) is 15.0 Å². The van der Waals surface area contributed by atoms with Gasteiger partial charge in [0.1, 0.15) is 48.4 Å². The van der Waals surface area contributed by atoms with Crippen LogP contribution in [-0.2, 0) is 100 Å². The molecule has 0 amide bonds. The van der Waals surface area contributed by atoms with E-state index >= 15 is 0 Å². The van der Waals surface area contributed by atoms with Crippen LogP contribution in [0.3, 0.4) is 0 Å². The van der Waals surface area contributed by atoms with E-state index in [2.05, 4.69) is 15.2 Å². The molecule has 7 rings (SSSR count). The SMILES string of the molecule is CC(=O)OC[C@@H]1O[C@H](n2cc(CCCCCCCCC(=O)c3c(O)c4cc5c6c(c4oc3=O)CCCN6CCC5)nn2)[C@@H](OC(C)=O)[C@H](OC(C)=O)[C@@H]1O[C@@H]1O[C@H](COC(C)=O)[C@H](OC(C)=O)[C@H](OC(C)=O)[C@H]1OC(C)=O. The Morgan fingerprint density at radius 3 is 1.82 bits per heavy atom. The molecule has 25 heteroatoms. The molecule has 4 aliphatic rings. The first-order chi connectivity index (χ1) is 36.7. The van der Waals surface area contributed by atoms with Crippen LogP contribution < -0.4 is 10.5 Å². The number of esters is 7. The molecule has 0 unspecified atom stereocenters. The molecule has 25 nitrogen and oxygen atoms in total. The fraction of sp³-hybridized carbons (Fsp3) is 0.635. The summed E-state index contributed by atoms with van der Waals surface area (Å²) in [5.41, 5.74) is 2.84. The van der Waals surface area contributed by atoms with Gasteiger partial charge >= 0.3 is 47.4 Å². The van der Waals surface area contributed by atoms with Crippen LogP contribution in [0, 0.1) is 0 Å². The summed E-state index contributed by atoms with van der Waals surface area (Å²) in [6, 6.07) is 1.86. The highest BCUT2D eigenvalue weighted by Crippen LogP contribution is 2.43. The van der Waals surface area contributed by atoms with E-state index in [0.717, 1.165) is 123 Å². The highest BCUT2D eigenvalue weighted by Gasteiger charge is 2.58. The van der Waals surface area contributed by atoms with Crippen molar-refractivity contribution in [3.63, 3.8) is 0 Å². The summed E-state index contributed by atoms with van der Waals surface area (Å²) < 4.78 is 64.7. The molecule has 4 aliphatic heterocycles. The Balaban J connectivity index is 1.02. The van der Waals surface area contributed by atoms with Gasteiger partial charge in [0.15, 0.2) is 48.8 Å². The van der Waals surface area contributed by atoms with Crippen LogP contribution in [0.5, 0.6) is 5.75 Å². The largest absolute Gasteiger partial charge is 0.506 e. The topological polar surface area (TPSA) is 313 Å². The number of ether oxygens (including phenoxy) is 10. The van der Waals surface area contributed by atoms with Gasteiger partial charge < -0.3 is 61.8 Å². The van der Waals surface area contributed by atoms with Crippen molar-refractivity contribution in [2.45, 2.75) is 187 Å². The standard InChI is InChI=1S/C52H66N4O21/c1-26(57)67-24-38-45(77-52-49(73-32(7)63)47(71-30(5)61)44(69-28(3)59)39(75-52)25-68-27(2)58)46(70-29(4)60)48(72-31(6)62)50(74-38)56-23-34(53-54-56)17-12-10-8-9-11-13-19-37(64)40-42(65)36-22-33-16-14-20-55-21-15-18-35(41(33)55)43(36)76-51(40)66/h22-23,38-39,44-50,52,65H,8-21,24-25H2,1-7H3/t38-,39+,44-,45+,46+,47-,48-,49+,50-,52-/m0/s1. The van der Waals surface area contributed by atoms with E-state index in [1.807, 2.05) is 6.07 Å². The van der Waals surface area contributed by atoms with Crippen molar-refractivity contribution >= 4 is 64.2 Å². The monoisotopic (exact) mass is 1080 g/mol. The van der Waals surface area contributed by atoms with Gasteiger partial charge in [0, 0.05) is 79.2 Å². The second kappa shape index (κ2) is 25.9. The maximum Gasteiger partial charge on any atom is 0.351 e. The van der Waals surface area contributed by atoms with Crippen molar-refractivity contribution in [3.8, 4) is 5.75 Å². The predicted octanol–water partition coefficient (Wildman–Crippen LogP) is 3.74. The van der Waals surface area contributed by atoms with Gasteiger partial charge in [-0.3, -0.25) is 38.4 Å². The zero-order valence-corrected chi connectivity index (χ0v) is 44.1. The van der Waals surface area contributed by atoms with Crippen molar-refractivity contribution < 1.29 is 95.2 Å². The lowest BCUT2D eigenvalue weighted by molar-refractivity contribution is -0.349. The number of aromatic hydroxyl groups is 1. The average molecular weight is 1080 g/mol. The van der Waals surface area contributed by atoms with Gasteiger partial charge in [0.25, 0.3) is 0 Å². The summed E-state index contributed by atoms with van der Waals surface area (Å²) in [4.78, 5) is 116. The van der Waals surface area contributed by atoms with Gasteiger partial charge in [0.2, 0.25) is 0 Å². The minimum atomic E-state index is -1.84. The third-order valence-electron chi connectivity index (χ3n) is 13.5. The highest BCUT2D eigenvalue weighted by atomic mass is 16.8. The first kappa shape index (κ1) is 57.7. The van der Waals surface area contributed by atoms with Crippen molar-refractivity contribution in [2.24, 2.45) is 0 Å². The molecule has 0 aliphatic carbocycles. The number of hydrogen-bond donors (Lipinski definition) is 1. The number of benzene rings is 1. The average Bonchev–Trinajstić information content (AvgIpc) is 3.86. The molecule has 2 fully saturated rings. The maximum absolute atomic E-state index is 13.3. The Morgan fingerprint density at radius 1 is 0.649 bits per heavy atom. The summed E-state index contributed by atoms with van der Waals surface area (Å²) in [6.45, 7) is 8.20. The normalized spacial score (nSPS) is 24.7. The number of rotatable bonds is 22. The lowest BCUT2D eigenvalue weighted by Gasteiger charge is -2.48. The van der Waals surface area contributed by atoms with Crippen molar-refractivity contribution in [2.75, 3.05) is 31.2 Å². The molecule has 0 bridgehead atoms. The van der Waals surface area contributed by atoms with E-state index in [9.17, 15) is 48.3 Å². The van der Waals surface area contributed by atoms with Crippen molar-refractivity contribution in [3.05, 3.63) is 45.1 Å². The number of anilines is 1. The molecule has 1 aromatic carbocycles. The highest BCUT2D eigenvalue weighted by molar-refractivity contribution is 6.04. The van der Waals surface area contributed by atoms with Gasteiger partial charge in [-0.15, -0.1) is 5.10 Å². The Hall–Kier alpha value is -6.99. The molecule has 77 heavy (non-hydrogen) atoms. The third kappa shape index (κ3) is 14.3. The van der Waals surface area contributed by atoms with Gasteiger partial charge in [-0.1, -0.05) is 30.9 Å². The smallest absolute Gasteiger partial charge is 0.351 e. The Kier molecular flexibility index (Phi) is 19.4. The zero-order chi connectivity index (χ0) is 55.7. The lowest BCUT2D eigenvalue weighted by atomic mass is 9.89.